The maximum absolute atomic E-state index is 12.4. The fourth-order valence-corrected chi connectivity index (χ4v) is 4.45. The van der Waals surface area contributed by atoms with E-state index in [1.165, 1.54) is 12.1 Å². The zero-order valence-corrected chi connectivity index (χ0v) is 15.8. The molecular weight excluding hydrogens is 370 g/mol. The molecule has 1 aliphatic rings. The van der Waals surface area contributed by atoms with Crippen LogP contribution in [0.3, 0.4) is 0 Å². The first kappa shape index (κ1) is 18.9. The van der Waals surface area contributed by atoms with Crippen molar-refractivity contribution in [1.29, 1.82) is 0 Å². The Morgan fingerprint density at radius 2 is 1.70 bits per heavy atom. The Labute approximate surface area is 157 Å². The smallest absolute Gasteiger partial charge is 0.344 e. The summed E-state index contributed by atoms with van der Waals surface area (Å²) in [4.78, 5) is 24.1. The summed E-state index contributed by atoms with van der Waals surface area (Å²) in [5, 5.41) is 0. The van der Waals surface area contributed by atoms with Gasteiger partial charge in [-0.15, -0.1) is 0 Å². The van der Waals surface area contributed by atoms with Crippen molar-refractivity contribution in [3.8, 4) is 5.75 Å². The lowest BCUT2D eigenvalue weighted by Crippen LogP contribution is -2.34. The number of benzene rings is 2. The van der Waals surface area contributed by atoms with Gasteiger partial charge < -0.3 is 9.47 Å². The van der Waals surface area contributed by atoms with Crippen LogP contribution in [0.15, 0.2) is 47.4 Å². The van der Waals surface area contributed by atoms with Gasteiger partial charge in [-0.25, -0.2) is 17.5 Å². The van der Waals surface area contributed by atoms with Gasteiger partial charge in [-0.1, -0.05) is 30.3 Å². The van der Waals surface area contributed by atoms with E-state index < -0.39 is 21.9 Å². The molecule has 2 aromatic carbocycles. The van der Waals surface area contributed by atoms with Gasteiger partial charge in [0.25, 0.3) is 15.9 Å². The molecule has 0 aliphatic carbocycles. The molecule has 0 spiro atoms. The predicted octanol–water partition coefficient (Wildman–Crippen LogP) is 2.07. The zero-order valence-electron chi connectivity index (χ0n) is 15.0. The van der Waals surface area contributed by atoms with E-state index in [1.54, 1.807) is 12.1 Å². The molecule has 142 valence electrons. The van der Waals surface area contributed by atoms with E-state index in [2.05, 4.69) is 0 Å². The van der Waals surface area contributed by atoms with E-state index in [9.17, 15) is 18.0 Å². The van der Waals surface area contributed by atoms with Gasteiger partial charge in [0.1, 0.15) is 17.3 Å². The Hall–Kier alpha value is -2.87. The highest BCUT2D eigenvalue weighted by Gasteiger charge is 2.40. The van der Waals surface area contributed by atoms with Crippen molar-refractivity contribution in [2.45, 2.75) is 18.7 Å². The lowest BCUT2D eigenvalue weighted by Gasteiger charge is -2.15. The second-order valence-electron chi connectivity index (χ2n) is 6.11. The molecule has 0 unspecified atom stereocenters. The molecule has 7 nitrogen and oxygen atoms in total. The van der Waals surface area contributed by atoms with Gasteiger partial charge in [0.2, 0.25) is 0 Å². The van der Waals surface area contributed by atoms with Crippen LogP contribution in [-0.4, -0.2) is 44.4 Å². The van der Waals surface area contributed by atoms with Crippen molar-refractivity contribution in [2.24, 2.45) is 0 Å². The highest BCUT2D eigenvalue weighted by molar-refractivity contribution is 7.90. The molecule has 0 fully saturated rings. The molecule has 0 aromatic heterocycles. The number of para-hydroxylation sites is 1. The SMILES string of the molecule is Cc1cccc(C)c1OCC(=O)OCCN1C(=O)c2ccccc2S1(=O)=O. The quantitative estimate of drug-likeness (QED) is 0.703. The first-order valence-corrected chi connectivity index (χ1v) is 9.77. The average Bonchev–Trinajstić information content (AvgIpc) is 2.82. The Morgan fingerprint density at radius 3 is 2.37 bits per heavy atom. The molecule has 1 heterocycles. The predicted molar refractivity (Wildman–Crippen MR) is 97.0 cm³/mol. The standard InChI is InChI=1S/C19H19NO6S/c1-13-6-5-7-14(2)18(13)26-12-17(21)25-11-10-20-19(22)15-8-3-4-9-16(15)27(20,23)24/h3-9H,10-12H2,1-2H3. The number of hydrogen-bond donors (Lipinski definition) is 0. The Morgan fingerprint density at radius 1 is 1.04 bits per heavy atom. The minimum atomic E-state index is -3.90. The number of esters is 1. The highest BCUT2D eigenvalue weighted by atomic mass is 32.2. The third-order valence-electron chi connectivity index (χ3n) is 4.21. The van der Waals surface area contributed by atoms with Crippen molar-refractivity contribution in [3.05, 3.63) is 59.2 Å². The lowest BCUT2D eigenvalue weighted by atomic mass is 10.1. The molecule has 0 N–H and O–H groups in total. The number of hydrogen-bond acceptors (Lipinski definition) is 6. The first-order chi connectivity index (χ1) is 12.8. The van der Waals surface area contributed by atoms with Crippen LogP contribution in [0.4, 0.5) is 0 Å². The van der Waals surface area contributed by atoms with E-state index in [4.69, 9.17) is 9.47 Å². The molecule has 1 amide bonds. The molecule has 0 bridgehead atoms. The van der Waals surface area contributed by atoms with Gasteiger partial charge in [0.05, 0.1) is 12.1 Å². The van der Waals surface area contributed by atoms with Crippen LogP contribution in [-0.2, 0) is 19.6 Å². The zero-order chi connectivity index (χ0) is 19.6. The maximum atomic E-state index is 12.4. The third-order valence-corrected chi connectivity index (χ3v) is 6.05. The minimum absolute atomic E-state index is 0.0281. The van der Waals surface area contributed by atoms with E-state index in [0.29, 0.717) is 5.75 Å². The third kappa shape index (κ3) is 3.66. The minimum Gasteiger partial charge on any atom is -0.481 e. The van der Waals surface area contributed by atoms with E-state index in [1.807, 2.05) is 32.0 Å². The van der Waals surface area contributed by atoms with E-state index >= 15 is 0 Å². The Balaban J connectivity index is 1.55. The second-order valence-corrected chi connectivity index (χ2v) is 7.94. The molecule has 27 heavy (non-hydrogen) atoms. The van der Waals surface area contributed by atoms with Crippen molar-refractivity contribution in [3.63, 3.8) is 0 Å². The summed E-state index contributed by atoms with van der Waals surface area (Å²) in [6.07, 6.45) is 0. The van der Waals surface area contributed by atoms with Crippen LogP contribution in [0.25, 0.3) is 0 Å². The van der Waals surface area contributed by atoms with Gasteiger partial charge in [0.15, 0.2) is 6.61 Å². The normalized spacial score (nSPS) is 14.7. The summed E-state index contributed by atoms with van der Waals surface area (Å²) in [6.45, 7) is 2.95. The van der Waals surface area contributed by atoms with Crippen LogP contribution < -0.4 is 4.74 Å². The number of carbonyl (C=O) groups excluding carboxylic acids is 2. The summed E-state index contributed by atoms with van der Waals surface area (Å²) < 4.78 is 36.0. The van der Waals surface area contributed by atoms with Gasteiger partial charge in [-0.2, -0.15) is 0 Å². The van der Waals surface area contributed by atoms with Crippen LogP contribution in [0.2, 0.25) is 0 Å². The molecule has 2 aromatic rings. The second kappa shape index (κ2) is 7.40. The number of amides is 1. The Kier molecular flexibility index (Phi) is 5.18. The number of sulfonamides is 1. The summed E-state index contributed by atoms with van der Waals surface area (Å²) in [5.41, 5.74) is 1.92. The van der Waals surface area contributed by atoms with Crippen LogP contribution in [0.1, 0.15) is 21.5 Å². The van der Waals surface area contributed by atoms with E-state index in [-0.39, 0.29) is 30.2 Å². The van der Waals surface area contributed by atoms with Crippen LogP contribution in [0, 0.1) is 13.8 Å². The average molecular weight is 389 g/mol. The fraction of sp³-hybridized carbons (Fsp3) is 0.263. The number of fused-ring (bicyclic) bond motifs is 1. The maximum Gasteiger partial charge on any atom is 0.344 e. The molecule has 3 rings (SSSR count). The number of aryl methyl sites for hydroxylation is 2. The lowest BCUT2D eigenvalue weighted by molar-refractivity contribution is -0.146. The fourth-order valence-electron chi connectivity index (χ4n) is 2.89. The first-order valence-electron chi connectivity index (χ1n) is 8.33. The van der Waals surface area contributed by atoms with Gasteiger partial charge in [0, 0.05) is 0 Å². The molecule has 8 heteroatoms. The number of carbonyl (C=O) groups is 2. The van der Waals surface area contributed by atoms with Gasteiger partial charge in [-0.3, -0.25) is 4.79 Å². The van der Waals surface area contributed by atoms with Crippen molar-refractivity contribution < 1.29 is 27.5 Å². The van der Waals surface area contributed by atoms with Gasteiger partial charge in [-0.05, 0) is 37.1 Å². The summed E-state index contributed by atoms with van der Waals surface area (Å²) in [5.74, 6) is -0.644. The highest BCUT2D eigenvalue weighted by Crippen LogP contribution is 2.29. The largest absolute Gasteiger partial charge is 0.481 e. The summed E-state index contributed by atoms with van der Waals surface area (Å²) in [7, 11) is -3.90. The van der Waals surface area contributed by atoms with Crippen molar-refractivity contribution in [2.75, 3.05) is 19.8 Å². The number of rotatable bonds is 6. The molecule has 1 aliphatic heterocycles. The molecular formula is C19H19NO6S. The summed E-state index contributed by atoms with van der Waals surface area (Å²) >= 11 is 0. The van der Waals surface area contributed by atoms with Gasteiger partial charge >= 0.3 is 5.97 Å². The number of ether oxygens (including phenoxy) is 2. The monoisotopic (exact) mass is 389 g/mol. The topological polar surface area (TPSA) is 90.0 Å². The molecule has 0 saturated carbocycles. The molecule has 0 saturated heterocycles. The van der Waals surface area contributed by atoms with E-state index in [0.717, 1.165) is 15.4 Å². The molecule has 0 atom stereocenters. The van der Waals surface area contributed by atoms with Crippen molar-refractivity contribution >= 4 is 21.9 Å². The summed E-state index contributed by atoms with van der Waals surface area (Å²) in [6, 6.07) is 11.6. The Bertz CT molecular complexity index is 979. The van der Waals surface area contributed by atoms with Crippen LogP contribution >= 0.6 is 0 Å². The van der Waals surface area contributed by atoms with Crippen LogP contribution in [0.5, 0.6) is 5.75 Å². The van der Waals surface area contributed by atoms with Crippen molar-refractivity contribution in [1.82, 2.24) is 4.31 Å². The molecule has 0 radical (unpaired) electrons. The number of nitrogens with zero attached hydrogens (tertiary/aromatic N) is 1.